The number of benzene rings is 2. The van der Waals surface area contributed by atoms with Crippen molar-refractivity contribution in [3.05, 3.63) is 53.8 Å². The second-order valence-corrected chi connectivity index (χ2v) is 8.30. The van der Waals surface area contributed by atoms with E-state index in [1.165, 1.54) is 12.1 Å². The molecular weight excluding hydrogens is 427 g/mol. The van der Waals surface area contributed by atoms with Gasteiger partial charge >= 0.3 is 0 Å². The summed E-state index contributed by atoms with van der Waals surface area (Å²) < 4.78 is 24.2. The van der Waals surface area contributed by atoms with Gasteiger partial charge in [0.15, 0.2) is 0 Å². The van der Waals surface area contributed by atoms with Gasteiger partial charge in [0.2, 0.25) is 5.91 Å². The quantitative estimate of drug-likeness (QED) is 0.663. The van der Waals surface area contributed by atoms with Crippen LogP contribution in [0.4, 0.5) is 10.1 Å². The predicted octanol–water partition coefficient (Wildman–Crippen LogP) is 2.00. The van der Waals surface area contributed by atoms with Crippen LogP contribution < -0.4 is 25.0 Å². The van der Waals surface area contributed by atoms with E-state index in [1.807, 2.05) is 11.0 Å². The van der Waals surface area contributed by atoms with Crippen molar-refractivity contribution in [2.24, 2.45) is 0 Å². The van der Waals surface area contributed by atoms with Gasteiger partial charge in [-0.05, 0) is 43.2 Å². The van der Waals surface area contributed by atoms with Crippen molar-refractivity contribution in [1.29, 1.82) is 0 Å². The average Bonchev–Trinajstić information content (AvgIpc) is 3.15. The Balaban J connectivity index is 1.32. The van der Waals surface area contributed by atoms with E-state index in [-0.39, 0.29) is 17.6 Å². The molecule has 0 unspecified atom stereocenters. The third-order valence-corrected chi connectivity index (χ3v) is 6.47. The molecule has 9 heteroatoms. The van der Waals surface area contributed by atoms with Crippen LogP contribution in [0.2, 0.25) is 0 Å². The fraction of sp³-hybridized carbons (Fsp3) is 0.417. The van der Waals surface area contributed by atoms with E-state index < -0.39 is 5.54 Å². The number of nitrogens with zero attached hydrogens (tertiary/aromatic N) is 2. The van der Waals surface area contributed by atoms with Gasteiger partial charge in [-0.25, -0.2) is 4.39 Å². The maximum Gasteiger partial charge on any atom is 0.251 e. The number of halogens is 1. The minimum atomic E-state index is -0.662. The second kappa shape index (κ2) is 9.66. The minimum absolute atomic E-state index is 0.00770. The van der Waals surface area contributed by atoms with Crippen molar-refractivity contribution in [2.75, 3.05) is 52.0 Å². The summed E-state index contributed by atoms with van der Waals surface area (Å²) in [6.07, 6.45) is 1.27. The molecule has 2 aromatic carbocycles. The van der Waals surface area contributed by atoms with Crippen LogP contribution in [0.3, 0.4) is 0 Å². The number of hydrogen-bond donors (Lipinski definition) is 2. The summed E-state index contributed by atoms with van der Waals surface area (Å²) in [7, 11) is 3.08. The number of nitrogens with one attached hydrogen (secondary N) is 2. The van der Waals surface area contributed by atoms with Crippen molar-refractivity contribution in [1.82, 2.24) is 15.5 Å². The monoisotopic (exact) mass is 456 g/mol. The predicted molar refractivity (Wildman–Crippen MR) is 122 cm³/mol. The molecule has 2 fully saturated rings. The summed E-state index contributed by atoms with van der Waals surface area (Å²) in [5.74, 6) is 0.584. The van der Waals surface area contributed by atoms with Crippen LogP contribution in [-0.2, 0) is 4.79 Å². The van der Waals surface area contributed by atoms with Gasteiger partial charge in [-0.1, -0.05) is 6.07 Å². The Morgan fingerprint density at radius 1 is 1.12 bits per heavy atom. The van der Waals surface area contributed by atoms with Gasteiger partial charge in [0.05, 0.1) is 20.9 Å². The van der Waals surface area contributed by atoms with Crippen LogP contribution in [-0.4, -0.2) is 69.3 Å². The van der Waals surface area contributed by atoms with Crippen molar-refractivity contribution < 1.29 is 23.5 Å². The molecule has 33 heavy (non-hydrogen) atoms. The number of anilines is 1. The zero-order valence-corrected chi connectivity index (χ0v) is 18.9. The molecule has 0 aromatic heterocycles. The van der Waals surface area contributed by atoms with E-state index in [4.69, 9.17) is 9.47 Å². The lowest BCUT2D eigenvalue weighted by Gasteiger charge is -2.43. The molecule has 176 valence electrons. The van der Waals surface area contributed by atoms with Crippen LogP contribution >= 0.6 is 0 Å². The third-order valence-electron chi connectivity index (χ3n) is 6.47. The first-order valence-electron chi connectivity index (χ1n) is 11.0. The van der Waals surface area contributed by atoms with Gasteiger partial charge in [0.25, 0.3) is 5.91 Å². The summed E-state index contributed by atoms with van der Waals surface area (Å²) in [6.45, 7) is 2.95. The smallest absolute Gasteiger partial charge is 0.251 e. The molecule has 2 heterocycles. The van der Waals surface area contributed by atoms with E-state index in [2.05, 4.69) is 15.5 Å². The molecule has 0 aliphatic carbocycles. The van der Waals surface area contributed by atoms with Crippen LogP contribution in [0.5, 0.6) is 11.5 Å². The molecule has 8 nitrogen and oxygen atoms in total. The fourth-order valence-electron chi connectivity index (χ4n) is 4.58. The number of methoxy groups -OCH3 is 2. The Bertz CT molecular complexity index is 1000. The highest BCUT2D eigenvalue weighted by Gasteiger charge is 2.50. The highest BCUT2D eigenvalue weighted by atomic mass is 19.1. The summed E-state index contributed by atoms with van der Waals surface area (Å²) >= 11 is 0. The number of rotatable bonds is 7. The SMILES string of the molecule is COc1cc(OC)cc(C(=O)NCCN2CCC3(CC2)C(=O)NCN3c2cccc(F)c2)c1. The Labute approximate surface area is 192 Å². The molecule has 0 radical (unpaired) electrons. The maximum atomic E-state index is 13.8. The van der Waals surface area contributed by atoms with Gasteiger partial charge in [-0.15, -0.1) is 0 Å². The summed E-state index contributed by atoms with van der Waals surface area (Å²) in [5, 5.41) is 5.86. The highest BCUT2D eigenvalue weighted by molar-refractivity contribution is 5.95. The van der Waals surface area contributed by atoms with Crippen molar-refractivity contribution in [3.63, 3.8) is 0 Å². The summed E-state index contributed by atoms with van der Waals surface area (Å²) in [4.78, 5) is 29.5. The fourth-order valence-corrected chi connectivity index (χ4v) is 4.58. The zero-order chi connectivity index (χ0) is 23.4. The molecule has 0 saturated carbocycles. The molecule has 2 saturated heterocycles. The first kappa shape index (κ1) is 22.8. The first-order chi connectivity index (χ1) is 15.9. The first-order valence-corrected chi connectivity index (χ1v) is 11.0. The second-order valence-electron chi connectivity index (χ2n) is 8.30. The molecular formula is C24H29FN4O4. The lowest BCUT2D eigenvalue weighted by molar-refractivity contribution is -0.125. The molecule has 2 N–H and O–H groups in total. The Morgan fingerprint density at radius 2 is 1.82 bits per heavy atom. The molecule has 2 amide bonds. The number of carbonyl (C=O) groups excluding carboxylic acids is 2. The van der Waals surface area contributed by atoms with Gasteiger partial charge in [0, 0.05) is 43.5 Å². The largest absolute Gasteiger partial charge is 0.497 e. The molecule has 4 rings (SSSR count). The number of likely N-dealkylation sites (tertiary alicyclic amines) is 1. The molecule has 0 bridgehead atoms. The number of ether oxygens (including phenoxy) is 2. The van der Waals surface area contributed by atoms with Gasteiger partial charge in [0.1, 0.15) is 22.9 Å². The Kier molecular flexibility index (Phi) is 6.69. The van der Waals surface area contributed by atoms with Gasteiger partial charge in [-0.3, -0.25) is 9.59 Å². The molecule has 1 spiro atoms. The normalized spacial score (nSPS) is 17.7. The Hall–Kier alpha value is -3.33. The van der Waals surface area contributed by atoms with E-state index in [0.717, 1.165) is 0 Å². The molecule has 2 aliphatic rings. The number of amides is 2. The average molecular weight is 457 g/mol. The van der Waals surface area contributed by atoms with Crippen LogP contribution in [0.15, 0.2) is 42.5 Å². The van der Waals surface area contributed by atoms with Crippen LogP contribution in [0.1, 0.15) is 23.2 Å². The van der Waals surface area contributed by atoms with Crippen molar-refractivity contribution in [3.8, 4) is 11.5 Å². The highest BCUT2D eigenvalue weighted by Crippen LogP contribution is 2.36. The third kappa shape index (κ3) is 4.73. The van der Waals surface area contributed by atoms with E-state index in [9.17, 15) is 14.0 Å². The van der Waals surface area contributed by atoms with Gasteiger partial charge < -0.3 is 29.9 Å². The molecule has 0 atom stereocenters. The van der Waals surface area contributed by atoms with E-state index >= 15 is 0 Å². The number of hydrogen-bond acceptors (Lipinski definition) is 6. The zero-order valence-electron chi connectivity index (χ0n) is 18.9. The molecule has 2 aliphatic heterocycles. The summed E-state index contributed by atoms with van der Waals surface area (Å²) in [6, 6.07) is 11.4. The summed E-state index contributed by atoms with van der Waals surface area (Å²) in [5.41, 5.74) is 0.518. The van der Waals surface area contributed by atoms with Crippen molar-refractivity contribution >= 4 is 17.5 Å². The van der Waals surface area contributed by atoms with E-state index in [0.29, 0.717) is 68.4 Å². The van der Waals surface area contributed by atoms with Crippen molar-refractivity contribution in [2.45, 2.75) is 18.4 Å². The van der Waals surface area contributed by atoms with Crippen LogP contribution in [0.25, 0.3) is 0 Å². The topological polar surface area (TPSA) is 83.1 Å². The lowest BCUT2D eigenvalue weighted by Crippen LogP contribution is -2.57. The minimum Gasteiger partial charge on any atom is -0.497 e. The molecule has 2 aromatic rings. The van der Waals surface area contributed by atoms with Crippen LogP contribution in [0, 0.1) is 5.82 Å². The Morgan fingerprint density at radius 3 is 2.45 bits per heavy atom. The number of carbonyl (C=O) groups is 2. The van der Waals surface area contributed by atoms with Gasteiger partial charge in [-0.2, -0.15) is 0 Å². The van der Waals surface area contributed by atoms with E-state index in [1.54, 1.807) is 38.5 Å². The lowest BCUT2D eigenvalue weighted by atomic mass is 9.85. The standard InChI is InChI=1S/C24H29FN4O4/c1-32-20-12-17(13-21(15-20)33-2)22(30)26-8-11-28-9-6-24(7-10-28)23(31)27-16-29(24)19-5-3-4-18(25)14-19/h3-5,12-15H,6-11,16H2,1-2H3,(H,26,30)(H,27,31). The number of piperidine rings is 1. The maximum absolute atomic E-state index is 13.8.